The van der Waals surface area contributed by atoms with Crippen molar-refractivity contribution in [2.75, 3.05) is 6.61 Å². The van der Waals surface area contributed by atoms with E-state index in [-0.39, 0.29) is 24.0 Å². The quantitative estimate of drug-likeness (QED) is 0.856. The van der Waals surface area contributed by atoms with Gasteiger partial charge in [-0.15, -0.1) is 0 Å². The molecule has 0 aliphatic heterocycles. The number of benzene rings is 1. The number of aliphatic hydroxyl groups excluding tert-OH is 1. The fourth-order valence-corrected chi connectivity index (χ4v) is 2.58. The van der Waals surface area contributed by atoms with Crippen molar-refractivity contribution >= 4 is 5.91 Å². The van der Waals surface area contributed by atoms with Crippen LogP contribution in [0.1, 0.15) is 56.6 Å². The molecule has 0 saturated carbocycles. The third kappa shape index (κ3) is 4.45. The molecule has 0 saturated heterocycles. The minimum atomic E-state index is -0.235. The molecule has 2 rings (SSSR count). The second kappa shape index (κ2) is 7.62. The van der Waals surface area contributed by atoms with Gasteiger partial charge in [-0.3, -0.25) is 4.79 Å². The first-order valence-electron chi connectivity index (χ1n) is 8.40. The minimum Gasteiger partial charge on any atom is -0.396 e. The van der Waals surface area contributed by atoms with Crippen molar-refractivity contribution in [3.8, 4) is 5.69 Å². The fraction of sp³-hybridized carbons (Fsp3) is 0.474. The normalized spacial score (nSPS) is 12.9. The average Bonchev–Trinajstić information content (AvgIpc) is 2.99. The van der Waals surface area contributed by atoms with Crippen molar-refractivity contribution < 1.29 is 9.90 Å². The van der Waals surface area contributed by atoms with Crippen molar-refractivity contribution in [3.63, 3.8) is 0 Å². The van der Waals surface area contributed by atoms with Gasteiger partial charge in [-0.25, -0.2) is 4.68 Å². The lowest BCUT2D eigenvalue weighted by Crippen LogP contribution is -2.34. The van der Waals surface area contributed by atoms with Crippen LogP contribution in [0.4, 0.5) is 0 Å². The number of aliphatic hydroxyl groups is 1. The predicted molar refractivity (Wildman–Crippen MR) is 95.5 cm³/mol. The molecule has 1 heterocycles. The molecular weight excluding hydrogens is 302 g/mol. The van der Waals surface area contributed by atoms with Gasteiger partial charge in [0.1, 0.15) is 0 Å². The highest BCUT2D eigenvalue weighted by Crippen LogP contribution is 2.25. The van der Waals surface area contributed by atoms with Crippen LogP contribution >= 0.6 is 0 Å². The maximum absolute atomic E-state index is 12.7. The summed E-state index contributed by atoms with van der Waals surface area (Å²) in [5, 5.41) is 16.6. The molecule has 1 unspecified atom stereocenters. The molecule has 0 aliphatic carbocycles. The number of rotatable bonds is 6. The van der Waals surface area contributed by atoms with Gasteiger partial charge in [-0.1, -0.05) is 39.0 Å². The lowest BCUT2D eigenvalue weighted by atomic mass is 9.89. The molecule has 1 atom stereocenters. The zero-order valence-corrected chi connectivity index (χ0v) is 14.9. The van der Waals surface area contributed by atoms with Crippen molar-refractivity contribution in [2.24, 2.45) is 0 Å². The molecule has 130 valence electrons. The van der Waals surface area contributed by atoms with E-state index in [9.17, 15) is 4.79 Å². The summed E-state index contributed by atoms with van der Waals surface area (Å²) in [5.74, 6) is -0.118. The number of para-hydroxylation sites is 1. The Balaban J connectivity index is 2.31. The zero-order valence-electron chi connectivity index (χ0n) is 14.9. The van der Waals surface area contributed by atoms with E-state index in [0.717, 1.165) is 17.8 Å². The summed E-state index contributed by atoms with van der Waals surface area (Å²) in [6, 6.07) is 9.79. The fourth-order valence-electron chi connectivity index (χ4n) is 2.58. The number of nitrogens with zero attached hydrogens (tertiary/aromatic N) is 2. The highest BCUT2D eigenvalue weighted by molar-refractivity contribution is 5.95. The number of amides is 1. The molecule has 1 aromatic carbocycles. The summed E-state index contributed by atoms with van der Waals surface area (Å²) >= 11 is 0. The Kier molecular flexibility index (Phi) is 5.78. The lowest BCUT2D eigenvalue weighted by Gasteiger charge is -2.18. The summed E-state index contributed by atoms with van der Waals surface area (Å²) in [5.41, 5.74) is 2.07. The first-order valence-corrected chi connectivity index (χ1v) is 8.40. The van der Waals surface area contributed by atoms with E-state index < -0.39 is 0 Å². The summed E-state index contributed by atoms with van der Waals surface area (Å²) in [7, 11) is 0. The number of hydrogen-bond acceptors (Lipinski definition) is 3. The molecule has 1 amide bonds. The van der Waals surface area contributed by atoms with Crippen molar-refractivity contribution in [1.29, 1.82) is 0 Å². The second-order valence-electron chi connectivity index (χ2n) is 7.16. The van der Waals surface area contributed by atoms with Crippen LogP contribution in [0.5, 0.6) is 0 Å². The van der Waals surface area contributed by atoms with Crippen LogP contribution in [0.3, 0.4) is 0 Å². The van der Waals surface area contributed by atoms with Gasteiger partial charge in [-0.05, 0) is 31.9 Å². The number of aromatic nitrogens is 2. The van der Waals surface area contributed by atoms with Crippen LogP contribution < -0.4 is 5.32 Å². The Labute approximate surface area is 143 Å². The average molecular weight is 329 g/mol. The Morgan fingerprint density at radius 3 is 2.54 bits per heavy atom. The molecule has 5 heteroatoms. The smallest absolute Gasteiger partial charge is 0.255 e. The molecule has 5 nitrogen and oxygen atoms in total. The number of carbonyl (C=O) groups is 1. The first-order chi connectivity index (χ1) is 11.3. The maximum atomic E-state index is 12.7. The van der Waals surface area contributed by atoms with E-state index in [1.807, 2.05) is 37.3 Å². The van der Waals surface area contributed by atoms with E-state index in [2.05, 4.69) is 31.2 Å². The van der Waals surface area contributed by atoms with Gasteiger partial charge in [0.15, 0.2) is 0 Å². The highest BCUT2D eigenvalue weighted by atomic mass is 16.3. The van der Waals surface area contributed by atoms with Crippen LogP contribution in [0.15, 0.2) is 36.5 Å². The minimum absolute atomic E-state index is 0.0116. The van der Waals surface area contributed by atoms with Crippen LogP contribution in [0.2, 0.25) is 0 Å². The third-order valence-electron chi connectivity index (χ3n) is 3.86. The number of nitrogens with one attached hydrogen (secondary N) is 1. The van der Waals surface area contributed by atoms with Gasteiger partial charge in [0.05, 0.1) is 16.9 Å². The molecule has 2 N–H and O–H groups in total. The van der Waals surface area contributed by atoms with Crippen molar-refractivity contribution in [1.82, 2.24) is 15.1 Å². The Bertz CT molecular complexity index is 672. The zero-order chi connectivity index (χ0) is 17.7. The Hall–Kier alpha value is -2.14. The van der Waals surface area contributed by atoms with Crippen molar-refractivity contribution in [3.05, 3.63) is 47.8 Å². The molecule has 0 spiro atoms. The summed E-state index contributed by atoms with van der Waals surface area (Å²) < 4.78 is 1.76. The summed E-state index contributed by atoms with van der Waals surface area (Å²) in [4.78, 5) is 12.7. The predicted octanol–water partition coefficient (Wildman–Crippen LogP) is 3.06. The molecule has 0 bridgehead atoms. The highest BCUT2D eigenvalue weighted by Gasteiger charge is 2.27. The molecule has 24 heavy (non-hydrogen) atoms. The largest absolute Gasteiger partial charge is 0.396 e. The van der Waals surface area contributed by atoms with E-state index in [1.165, 1.54) is 0 Å². The molecule has 1 aromatic heterocycles. The van der Waals surface area contributed by atoms with Gasteiger partial charge in [0, 0.05) is 24.3 Å². The molecule has 2 aromatic rings. The van der Waals surface area contributed by atoms with E-state index >= 15 is 0 Å². The monoisotopic (exact) mass is 329 g/mol. The topological polar surface area (TPSA) is 67.2 Å². The third-order valence-corrected chi connectivity index (χ3v) is 3.86. The van der Waals surface area contributed by atoms with Gasteiger partial charge in [0.25, 0.3) is 5.91 Å². The lowest BCUT2D eigenvalue weighted by molar-refractivity contribution is 0.0934. The Morgan fingerprint density at radius 1 is 1.29 bits per heavy atom. The van der Waals surface area contributed by atoms with Gasteiger partial charge < -0.3 is 10.4 Å². The van der Waals surface area contributed by atoms with Crippen LogP contribution in [-0.4, -0.2) is 33.4 Å². The molecule has 0 fully saturated rings. The van der Waals surface area contributed by atoms with Gasteiger partial charge in [-0.2, -0.15) is 5.10 Å². The van der Waals surface area contributed by atoms with Gasteiger partial charge in [0.2, 0.25) is 0 Å². The first kappa shape index (κ1) is 18.2. The summed E-state index contributed by atoms with van der Waals surface area (Å²) in [6.07, 6.45) is 3.22. The standard InChI is InChI=1S/C19H27N3O2/c1-14(9-8-12-23)20-18(24)16-13-22(15-10-6-5-7-11-15)21-17(16)19(2,3)4/h5-7,10-11,13-14,23H,8-9,12H2,1-4H3,(H,20,24). The maximum Gasteiger partial charge on any atom is 0.255 e. The number of carbonyl (C=O) groups excluding carboxylic acids is 1. The summed E-state index contributed by atoms with van der Waals surface area (Å²) in [6.45, 7) is 8.25. The van der Waals surface area contributed by atoms with Crippen LogP contribution in [-0.2, 0) is 5.41 Å². The Morgan fingerprint density at radius 2 is 1.96 bits per heavy atom. The van der Waals surface area contributed by atoms with E-state index in [1.54, 1.807) is 10.9 Å². The van der Waals surface area contributed by atoms with Crippen LogP contribution in [0.25, 0.3) is 5.69 Å². The number of hydrogen-bond donors (Lipinski definition) is 2. The van der Waals surface area contributed by atoms with Crippen molar-refractivity contribution in [2.45, 2.75) is 52.0 Å². The van der Waals surface area contributed by atoms with E-state index in [4.69, 9.17) is 5.11 Å². The van der Waals surface area contributed by atoms with E-state index in [0.29, 0.717) is 12.0 Å². The molecule has 0 radical (unpaired) electrons. The van der Waals surface area contributed by atoms with Crippen LogP contribution in [0, 0.1) is 0 Å². The molecule has 0 aliphatic rings. The second-order valence-corrected chi connectivity index (χ2v) is 7.16. The SMILES string of the molecule is CC(CCCO)NC(=O)c1cn(-c2ccccc2)nc1C(C)(C)C. The molecular formula is C19H27N3O2. The van der Waals surface area contributed by atoms with Gasteiger partial charge >= 0.3 is 0 Å².